The molecule has 6 unspecified atom stereocenters. The number of aliphatic hydroxyl groups is 3. The van der Waals surface area contributed by atoms with Crippen molar-refractivity contribution in [1.82, 2.24) is 0 Å². The van der Waals surface area contributed by atoms with Gasteiger partial charge in [0.25, 0.3) is 0 Å². The lowest BCUT2D eigenvalue weighted by molar-refractivity contribution is -0.301. The van der Waals surface area contributed by atoms with Crippen LogP contribution in [0.25, 0.3) is 0 Å². The van der Waals surface area contributed by atoms with Gasteiger partial charge in [0.1, 0.15) is 30.5 Å². The van der Waals surface area contributed by atoms with Crippen molar-refractivity contribution >= 4 is 16.4 Å². The number of hydrogen-bond donors (Lipinski definition) is 4. The molecular weight excluding hydrogens is 897 g/mol. The summed E-state index contributed by atoms with van der Waals surface area (Å²) in [4.78, 5) is 12.9. The van der Waals surface area contributed by atoms with Crippen molar-refractivity contribution < 1.29 is 56.2 Å². The summed E-state index contributed by atoms with van der Waals surface area (Å²) in [5.74, 6) is -0.412. The first-order chi connectivity index (χ1) is 33.6. The molecule has 6 atom stereocenters. The molecule has 1 aliphatic rings. The highest BCUT2D eigenvalue weighted by Crippen LogP contribution is 2.26. The zero-order chi connectivity index (χ0) is 50.3. The van der Waals surface area contributed by atoms with Crippen LogP contribution in [0.1, 0.15) is 200 Å². The highest BCUT2D eigenvalue weighted by molar-refractivity contribution is 7.80. The minimum atomic E-state index is -5.07. The predicted molar refractivity (Wildman–Crippen MR) is 280 cm³/mol. The number of ether oxygens (including phenoxy) is 4. The summed E-state index contributed by atoms with van der Waals surface area (Å²) in [6.45, 7) is 3.83. The van der Waals surface area contributed by atoms with Gasteiger partial charge in [-0.05, 0) is 89.9 Å². The van der Waals surface area contributed by atoms with Crippen molar-refractivity contribution in [3.05, 3.63) is 85.1 Å². The Bertz CT molecular complexity index is 1520. The van der Waals surface area contributed by atoms with Gasteiger partial charge in [0, 0.05) is 13.0 Å². The summed E-state index contributed by atoms with van der Waals surface area (Å²) in [5, 5.41) is 30.8. The fraction of sp³-hybridized carbons (Fsp3) is 0.732. The lowest BCUT2D eigenvalue weighted by atomic mass is 9.99. The Morgan fingerprint density at radius 1 is 0.565 bits per heavy atom. The third kappa shape index (κ3) is 39.6. The molecule has 13 heteroatoms. The van der Waals surface area contributed by atoms with E-state index in [-0.39, 0.29) is 19.6 Å². The van der Waals surface area contributed by atoms with Crippen LogP contribution in [0, 0.1) is 0 Å². The fourth-order valence-corrected chi connectivity index (χ4v) is 8.24. The normalized spacial score (nSPS) is 19.9. The summed E-state index contributed by atoms with van der Waals surface area (Å²) >= 11 is 0. The van der Waals surface area contributed by atoms with Gasteiger partial charge in [-0.1, -0.05) is 189 Å². The number of aliphatic hydroxyl groups excluding tert-OH is 3. The molecule has 12 nitrogen and oxygen atoms in total. The monoisotopic (exact) mass is 993 g/mol. The molecule has 4 N–H and O–H groups in total. The molecule has 69 heavy (non-hydrogen) atoms. The maximum atomic E-state index is 12.9. The van der Waals surface area contributed by atoms with Gasteiger partial charge in [-0.25, -0.2) is 4.18 Å². The summed E-state index contributed by atoms with van der Waals surface area (Å²) < 4.78 is 59.3. The smallest absolute Gasteiger partial charge is 0.397 e. The van der Waals surface area contributed by atoms with E-state index in [2.05, 4.69) is 103 Å². The van der Waals surface area contributed by atoms with Gasteiger partial charge in [0.2, 0.25) is 0 Å². The molecule has 1 saturated heterocycles. The highest BCUT2D eigenvalue weighted by atomic mass is 32.3. The third-order valence-electron chi connectivity index (χ3n) is 11.8. The summed E-state index contributed by atoms with van der Waals surface area (Å²) in [5.41, 5.74) is 0. The van der Waals surface area contributed by atoms with E-state index >= 15 is 0 Å². The fourth-order valence-electron chi connectivity index (χ4n) is 7.73. The molecule has 0 aromatic rings. The number of allylic oxidation sites excluding steroid dienone is 14. The molecule has 1 heterocycles. The van der Waals surface area contributed by atoms with Crippen LogP contribution in [0.3, 0.4) is 0 Å². The minimum Gasteiger partial charge on any atom is -0.457 e. The van der Waals surface area contributed by atoms with Gasteiger partial charge in [-0.15, -0.1) is 0 Å². The zero-order valence-corrected chi connectivity index (χ0v) is 43.7. The van der Waals surface area contributed by atoms with E-state index in [1.165, 1.54) is 77.0 Å². The molecule has 1 aliphatic heterocycles. The highest BCUT2D eigenvalue weighted by Gasteiger charge is 2.48. The first-order valence-electron chi connectivity index (χ1n) is 26.8. The van der Waals surface area contributed by atoms with E-state index in [0.717, 1.165) is 96.3 Å². The standard InChI is InChI=1S/C56H96O12S/c1-3-5-7-9-11-13-15-17-19-21-22-23-24-25-26-27-28-29-31-33-35-37-39-41-43-45-52(58)66-50(49-65-56-54(60)55(68-69(61,62)63)53(59)51(47-57)67-56)48-64-46-44-42-40-38-36-34-32-30-20-18-16-14-12-10-8-6-4-2/h5,7,11,13-14,16-17,19-20,22-23,25-26,30,50-51,53-57,59-60H,3-4,6,8-10,12,15,18,21,24,27-29,31-49H2,1-2H3,(H,61,62,63)/b7-5-,13-11-,16-14-,19-17-,23-22-,26-25-,30-20-. The van der Waals surface area contributed by atoms with Crippen LogP contribution in [-0.2, 0) is 38.3 Å². The van der Waals surface area contributed by atoms with E-state index in [1.807, 2.05) is 0 Å². The Hall–Kier alpha value is -2.72. The summed E-state index contributed by atoms with van der Waals surface area (Å²) in [7, 11) is -5.07. The molecule has 0 radical (unpaired) electrons. The van der Waals surface area contributed by atoms with Gasteiger partial charge in [-0.3, -0.25) is 9.35 Å². The van der Waals surface area contributed by atoms with E-state index in [0.29, 0.717) is 13.0 Å². The van der Waals surface area contributed by atoms with Gasteiger partial charge >= 0.3 is 16.4 Å². The van der Waals surface area contributed by atoms with Crippen LogP contribution in [0.4, 0.5) is 0 Å². The topological polar surface area (TPSA) is 178 Å². The Labute approximate surface area is 419 Å². The molecular formula is C56H96O12S. The van der Waals surface area contributed by atoms with Gasteiger partial charge in [0.15, 0.2) is 6.29 Å². The number of carbonyl (C=O) groups excluding carboxylic acids is 1. The molecule has 0 aromatic heterocycles. The Balaban J connectivity index is 2.35. The van der Waals surface area contributed by atoms with Crippen LogP contribution >= 0.6 is 0 Å². The molecule has 0 saturated carbocycles. The third-order valence-corrected chi connectivity index (χ3v) is 12.2. The van der Waals surface area contributed by atoms with Crippen molar-refractivity contribution in [3.63, 3.8) is 0 Å². The quantitative estimate of drug-likeness (QED) is 0.0197. The average molecular weight is 993 g/mol. The summed E-state index contributed by atoms with van der Waals surface area (Å²) in [6.07, 6.45) is 53.2. The number of unbranched alkanes of at least 4 members (excludes halogenated alkanes) is 19. The maximum Gasteiger partial charge on any atom is 0.397 e. The van der Waals surface area contributed by atoms with Crippen LogP contribution < -0.4 is 0 Å². The molecule has 0 amide bonds. The molecule has 0 aliphatic carbocycles. The lowest BCUT2D eigenvalue weighted by Crippen LogP contribution is -2.60. The molecule has 1 fully saturated rings. The van der Waals surface area contributed by atoms with Crippen molar-refractivity contribution in [2.24, 2.45) is 0 Å². The molecule has 1 rings (SSSR count). The van der Waals surface area contributed by atoms with Crippen LogP contribution in [0.15, 0.2) is 85.1 Å². The molecule has 398 valence electrons. The summed E-state index contributed by atoms with van der Waals surface area (Å²) in [6, 6.07) is 0. The van der Waals surface area contributed by atoms with E-state index in [1.54, 1.807) is 0 Å². The largest absolute Gasteiger partial charge is 0.457 e. The number of esters is 1. The SMILES string of the molecule is CC/C=C\C/C=C\C/C=C\C/C=C\C/C=C\CCCCCCCCCCCC(=O)OC(COCCCCCCCC/C=C\C/C=C\CCCCCC)COC1OC(CO)C(O)C(OS(=O)(=O)O)C1O. The molecule has 0 bridgehead atoms. The number of carbonyl (C=O) groups is 1. The molecule has 0 aromatic carbocycles. The zero-order valence-electron chi connectivity index (χ0n) is 42.8. The van der Waals surface area contributed by atoms with Crippen LogP contribution in [0.5, 0.6) is 0 Å². The second-order valence-electron chi connectivity index (χ2n) is 18.1. The van der Waals surface area contributed by atoms with Crippen molar-refractivity contribution in [2.75, 3.05) is 26.4 Å². The van der Waals surface area contributed by atoms with Gasteiger partial charge in [0.05, 0.1) is 19.8 Å². The van der Waals surface area contributed by atoms with Gasteiger partial charge in [-0.2, -0.15) is 8.42 Å². The van der Waals surface area contributed by atoms with Crippen molar-refractivity contribution in [1.29, 1.82) is 0 Å². The van der Waals surface area contributed by atoms with Gasteiger partial charge < -0.3 is 34.3 Å². The van der Waals surface area contributed by atoms with Crippen molar-refractivity contribution in [3.8, 4) is 0 Å². The molecule has 0 spiro atoms. The predicted octanol–water partition coefficient (Wildman–Crippen LogP) is 12.8. The van der Waals surface area contributed by atoms with E-state index < -0.39 is 59.8 Å². The minimum absolute atomic E-state index is 0.0221. The Kier molecular flexibility index (Phi) is 43.2. The number of rotatable bonds is 46. The Morgan fingerprint density at radius 2 is 1.00 bits per heavy atom. The lowest BCUT2D eigenvalue weighted by Gasteiger charge is -2.41. The van der Waals surface area contributed by atoms with Crippen LogP contribution in [-0.4, -0.2) is 97.5 Å². The van der Waals surface area contributed by atoms with Crippen LogP contribution in [0.2, 0.25) is 0 Å². The Morgan fingerprint density at radius 3 is 1.46 bits per heavy atom. The first kappa shape index (κ1) is 64.3. The second kappa shape index (κ2) is 46.4. The number of hydrogen-bond acceptors (Lipinski definition) is 11. The second-order valence-corrected chi connectivity index (χ2v) is 19.1. The van der Waals surface area contributed by atoms with E-state index in [4.69, 9.17) is 18.9 Å². The first-order valence-corrected chi connectivity index (χ1v) is 28.2. The maximum absolute atomic E-state index is 12.9. The van der Waals surface area contributed by atoms with E-state index in [9.17, 15) is 33.1 Å². The average Bonchev–Trinajstić information content (AvgIpc) is 3.32. The van der Waals surface area contributed by atoms with Crippen molar-refractivity contribution in [2.45, 2.75) is 237 Å².